The molecule has 0 aromatic rings. The third-order valence-electron chi connectivity index (χ3n) is 7.10. The Hall–Kier alpha value is -1.32. The van der Waals surface area contributed by atoms with Crippen LogP contribution in [0.5, 0.6) is 0 Å². The van der Waals surface area contributed by atoms with Crippen molar-refractivity contribution in [2.75, 3.05) is 13.7 Å². The van der Waals surface area contributed by atoms with Gasteiger partial charge in [0.1, 0.15) is 12.0 Å². The number of ether oxygens (including phenoxy) is 2. The van der Waals surface area contributed by atoms with Crippen LogP contribution in [0, 0.1) is 5.92 Å². The standard InChI is InChI=1S/C30H59NO8Si3/c1-36-28(34)20-19-27(33)31-21-13-11-9-8-10-12-16-29(35)37-26-23-24(17-18-25(26)32)15-14-22-40-30(38-41(2,3)4)39-42(5,6)7/h19-20,24-26,30,32H,8-18,21-23,40H2,1-7H3,(H,31,33)/b20-19+. The first-order chi connectivity index (χ1) is 19.7. The Morgan fingerprint density at radius 3 is 2.14 bits per heavy atom. The first-order valence-electron chi connectivity index (χ1n) is 16.0. The Kier molecular flexibility index (Phi) is 19.0. The van der Waals surface area contributed by atoms with Crippen LogP contribution in [0.15, 0.2) is 12.2 Å². The Morgan fingerprint density at radius 1 is 0.905 bits per heavy atom. The van der Waals surface area contributed by atoms with Crippen LogP contribution in [-0.2, 0) is 32.7 Å². The van der Waals surface area contributed by atoms with Crippen molar-refractivity contribution in [3.05, 3.63) is 12.2 Å². The number of hydrogen-bond donors (Lipinski definition) is 2. The van der Waals surface area contributed by atoms with E-state index in [1.54, 1.807) is 0 Å². The molecule has 0 radical (unpaired) electrons. The van der Waals surface area contributed by atoms with E-state index in [-0.39, 0.29) is 23.9 Å². The number of rotatable bonds is 21. The predicted octanol–water partition coefficient (Wildman–Crippen LogP) is 4.99. The van der Waals surface area contributed by atoms with Crippen LogP contribution in [0.3, 0.4) is 0 Å². The molecule has 0 aromatic heterocycles. The number of nitrogens with one attached hydrogen (secondary N) is 1. The summed E-state index contributed by atoms with van der Waals surface area (Å²) < 4.78 is 22.9. The van der Waals surface area contributed by atoms with E-state index < -0.39 is 38.2 Å². The molecule has 9 nitrogen and oxygen atoms in total. The summed E-state index contributed by atoms with van der Waals surface area (Å²) in [4.78, 5) is 35.0. The van der Waals surface area contributed by atoms with E-state index in [1.165, 1.54) is 19.2 Å². The van der Waals surface area contributed by atoms with Crippen molar-refractivity contribution < 1.29 is 37.8 Å². The Balaban J connectivity index is 2.20. The number of aliphatic hydroxyl groups excluding tert-OH is 1. The highest BCUT2D eigenvalue weighted by Gasteiger charge is 2.32. The summed E-state index contributed by atoms with van der Waals surface area (Å²) in [7, 11) is -2.52. The average Bonchev–Trinajstić information content (AvgIpc) is 2.88. The van der Waals surface area contributed by atoms with Gasteiger partial charge in [-0.15, -0.1) is 0 Å². The van der Waals surface area contributed by atoms with Crippen LogP contribution in [0.4, 0.5) is 0 Å². The van der Waals surface area contributed by atoms with E-state index in [9.17, 15) is 19.5 Å². The third-order valence-corrected chi connectivity index (χ3v) is 11.4. The highest BCUT2D eigenvalue weighted by Crippen LogP contribution is 2.31. The van der Waals surface area contributed by atoms with Gasteiger partial charge in [-0.05, 0) is 77.3 Å². The lowest BCUT2D eigenvalue weighted by molar-refractivity contribution is -0.159. The molecule has 244 valence electrons. The van der Waals surface area contributed by atoms with Crippen LogP contribution >= 0.6 is 0 Å². The smallest absolute Gasteiger partial charge is 0.330 e. The Labute approximate surface area is 258 Å². The molecule has 0 spiro atoms. The molecule has 0 saturated heterocycles. The van der Waals surface area contributed by atoms with E-state index in [1.807, 2.05) is 0 Å². The number of carbonyl (C=O) groups is 3. The van der Waals surface area contributed by atoms with Gasteiger partial charge in [0, 0.05) is 25.1 Å². The molecule has 12 heteroatoms. The zero-order valence-corrected chi connectivity index (χ0v) is 30.8. The second-order valence-electron chi connectivity index (χ2n) is 13.5. The number of unbranched alkanes of at least 4 members (excludes halogenated alkanes) is 5. The topological polar surface area (TPSA) is 120 Å². The first kappa shape index (κ1) is 38.7. The molecular weight excluding hydrogens is 587 g/mol. The summed E-state index contributed by atoms with van der Waals surface area (Å²) in [5.41, 5.74) is 0. The lowest BCUT2D eigenvalue weighted by atomic mass is 9.83. The van der Waals surface area contributed by atoms with Gasteiger partial charge in [0.15, 0.2) is 16.6 Å². The average molecular weight is 646 g/mol. The van der Waals surface area contributed by atoms with E-state index >= 15 is 0 Å². The molecule has 3 unspecified atom stereocenters. The zero-order valence-electron chi connectivity index (χ0n) is 27.4. The molecule has 42 heavy (non-hydrogen) atoms. The van der Waals surface area contributed by atoms with Gasteiger partial charge in [0.25, 0.3) is 0 Å². The van der Waals surface area contributed by atoms with Crippen LogP contribution < -0.4 is 5.32 Å². The maximum atomic E-state index is 12.5. The molecule has 1 rings (SSSR count). The predicted molar refractivity (Wildman–Crippen MR) is 175 cm³/mol. The summed E-state index contributed by atoms with van der Waals surface area (Å²) in [5.74, 6) is -0.547. The summed E-state index contributed by atoms with van der Waals surface area (Å²) in [6, 6.07) is 1.19. The minimum absolute atomic E-state index is 0.0287. The minimum Gasteiger partial charge on any atom is -0.466 e. The Bertz CT molecular complexity index is 812. The van der Waals surface area contributed by atoms with Crippen molar-refractivity contribution in [3.8, 4) is 0 Å². The second kappa shape index (κ2) is 20.6. The molecule has 1 aliphatic rings. The fraction of sp³-hybridized carbons (Fsp3) is 0.833. The lowest BCUT2D eigenvalue weighted by Gasteiger charge is -2.33. The number of methoxy groups -OCH3 is 1. The molecule has 3 atom stereocenters. The number of hydrogen-bond acceptors (Lipinski definition) is 8. The summed E-state index contributed by atoms with van der Waals surface area (Å²) >= 11 is 0. The van der Waals surface area contributed by atoms with Crippen LogP contribution in [0.2, 0.25) is 45.3 Å². The largest absolute Gasteiger partial charge is 0.466 e. The second-order valence-corrected chi connectivity index (χ2v) is 24.3. The van der Waals surface area contributed by atoms with Crippen molar-refractivity contribution in [1.29, 1.82) is 0 Å². The van der Waals surface area contributed by atoms with Crippen molar-refractivity contribution >= 4 is 44.0 Å². The highest BCUT2D eigenvalue weighted by molar-refractivity contribution is 6.71. The van der Waals surface area contributed by atoms with Gasteiger partial charge in [-0.2, -0.15) is 0 Å². The van der Waals surface area contributed by atoms with Gasteiger partial charge in [0.2, 0.25) is 5.91 Å². The van der Waals surface area contributed by atoms with Gasteiger partial charge in [-0.25, -0.2) is 4.79 Å². The van der Waals surface area contributed by atoms with Crippen molar-refractivity contribution in [2.45, 2.75) is 140 Å². The maximum Gasteiger partial charge on any atom is 0.330 e. The van der Waals surface area contributed by atoms with Gasteiger partial charge in [-0.1, -0.05) is 44.6 Å². The quantitative estimate of drug-likeness (QED) is 0.0589. The van der Waals surface area contributed by atoms with Crippen molar-refractivity contribution in [1.82, 2.24) is 5.32 Å². The van der Waals surface area contributed by atoms with Gasteiger partial charge in [-0.3, -0.25) is 9.59 Å². The minimum atomic E-state index is -1.65. The zero-order chi connectivity index (χ0) is 31.6. The Morgan fingerprint density at radius 2 is 1.52 bits per heavy atom. The molecule has 2 N–H and O–H groups in total. The van der Waals surface area contributed by atoms with Crippen LogP contribution in [0.25, 0.3) is 0 Å². The number of amides is 1. The molecule has 0 aliphatic heterocycles. The van der Waals surface area contributed by atoms with Gasteiger partial charge < -0.3 is 28.7 Å². The van der Waals surface area contributed by atoms with Crippen LogP contribution in [-0.4, -0.2) is 80.9 Å². The van der Waals surface area contributed by atoms with E-state index in [4.69, 9.17) is 13.6 Å². The summed E-state index contributed by atoms with van der Waals surface area (Å²) in [5, 5.41) is 13.2. The fourth-order valence-corrected chi connectivity index (χ4v) is 11.7. The molecular formula is C30H59NO8Si3. The molecule has 0 heterocycles. The monoisotopic (exact) mass is 645 g/mol. The summed E-state index contributed by atoms with van der Waals surface area (Å²) in [6.07, 6.45) is 12.0. The van der Waals surface area contributed by atoms with E-state index in [0.29, 0.717) is 25.3 Å². The molecule has 1 amide bonds. The van der Waals surface area contributed by atoms with E-state index in [0.717, 1.165) is 70.3 Å². The van der Waals surface area contributed by atoms with Gasteiger partial charge >= 0.3 is 11.9 Å². The summed E-state index contributed by atoms with van der Waals surface area (Å²) in [6.45, 7) is 13.9. The van der Waals surface area contributed by atoms with Crippen molar-refractivity contribution in [2.24, 2.45) is 5.92 Å². The molecule has 1 aliphatic carbocycles. The SMILES string of the molecule is COC(=O)/C=C/C(=O)NCCCCCCCCC(=O)OC1CC(CCC[SiH2]C(O[Si](C)(C)C)O[Si](C)(C)C)CCC1O. The van der Waals surface area contributed by atoms with Gasteiger partial charge in [0.05, 0.1) is 22.7 Å². The van der Waals surface area contributed by atoms with Crippen LogP contribution in [0.1, 0.15) is 77.0 Å². The highest BCUT2D eigenvalue weighted by atomic mass is 28.4. The molecule has 0 aromatic carbocycles. The normalized spacial score (nSPS) is 20.0. The number of carbonyl (C=O) groups excluding carboxylic acids is 3. The molecule has 0 bridgehead atoms. The lowest BCUT2D eigenvalue weighted by Crippen LogP contribution is -2.43. The maximum absolute atomic E-state index is 12.5. The number of esters is 2. The first-order valence-corrected chi connectivity index (χ1v) is 24.6. The van der Waals surface area contributed by atoms with E-state index in [2.05, 4.69) is 49.3 Å². The molecule has 1 saturated carbocycles. The molecule has 1 fully saturated rings. The fourth-order valence-electron chi connectivity index (χ4n) is 5.07. The van der Waals surface area contributed by atoms with Crippen molar-refractivity contribution in [3.63, 3.8) is 0 Å². The number of aliphatic hydroxyl groups is 1. The third kappa shape index (κ3) is 20.6.